The normalized spacial score (nSPS) is 10.7. The minimum atomic E-state index is 0.542. The molecule has 1 nitrogen and oxygen atoms in total. The lowest BCUT2D eigenvalue weighted by Gasteiger charge is -2.08. The number of hydrogen-bond donors (Lipinski definition) is 1. The molecule has 0 unspecified atom stereocenters. The van der Waals surface area contributed by atoms with Gasteiger partial charge in [0.05, 0.1) is 0 Å². The molecule has 0 atom stereocenters. The topological polar surface area (TPSA) is 12.0 Å². The van der Waals surface area contributed by atoms with Crippen molar-refractivity contribution in [2.24, 2.45) is 0 Å². The Kier molecular flexibility index (Phi) is 4.57. The molecule has 1 heteroatoms. The van der Waals surface area contributed by atoms with Gasteiger partial charge < -0.3 is 5.32 Å². The van der Waals surface area contributed by atoms with E-state index < -0.39 is 0 Å². The SMILES string of the molecule is C=C(C)Cc1ccc(CNC(C)C)cc1. The molecule has 0 aromatic heterocycles. The molecule has 0 radical (unpaired) electrons. The Morgan fingerprint density at radius 2 is 1.73 bits per heavy atom. The predicted octanol–water partition coefficient (Wildman–Crippen LogP) is 3.30. The summed E-state index contributed by atoms with van der Waals surface area (Å²) in [6.07, 6.45) is 0.984. The van der Waals surface area contributed by atoms with Crippen molar-refractivity contribution in [3.63, 3.8) is 0 Å². The fourth-order valence-electron chi connectivity index (χ4n) is 1.45. The Morgan fingerprint density at radius 3 is 2.20 bits per heavy atom. The Morgan fingerprint density at radius 1 is 1.20 bits per heavy atom. The van der Waals surface area contributed by atoms with E-state index in [4.69, 9.17) is 0 Å². The lowest BCUT2D eigenvalue weighted by atomic mass is 10.1. The van der Waals surface area contributed by atoms with E-state index in [1.807, 2.05) is 0 Å². The summed E-state index contributed by atoms with van der Waals surface area (Å²) in [5, 5.41) is 3.40. The number of allylic oxidation sites excluding steroid dienone is 1. The van der Waals surface area contributed by atoms with Crippen molar-refractivity contribution < 1.29 is 0 Å². The first-order chi connectivity index (χ1) is 7.08. The molecule has 0 saturated carbocycles. The second-order valence-electron chi connectivity index (χ2n) is 4.49. The van der Waals surface area contributed by atoms with E-state index >= 15 is 0 Å². The molecule has 0 aliphatic carbocycles. The predicted molar refractivity (Wildman–Crippen MR) is 66.9 cm³/mol. The number of rotatable bonds is 5. The highest BCUT2D eigenvalue weighted by Crippen LogP contribution is 2.08. The molecule has 0 bridgehead atoms. The van der Waals surface area contributed by atoms with Crippen LogP contribution < -0.4 is 5.32 Å². The van der Waals surface area contributed by atoms with Gasteiger partial charge in [-0.15, -0.1) is 0 Å². The molecular weight excluding hydrogens is 182 g/mol. The van der Waals surface area contributed by atoms with Crippen LogP contribution in [0.1, 0.15) is 31.9 Å². The van der Waals surface area contributed by atoms with Gasteiger partial charge in [0.2, 0.25) is 0 Å². The maximum atomic E-state index is 3.92. The van der Waals surface area contributed by atoms with E-state index in [2.05, 4.69) is 56.9 Å². The van der Waals surface area contributed by atoms with Gasteiger partial charge in [0.25, 0.3) is 0 Å². The monoisotopic (exact) mass is 203 g/mol. The summed E-state index contributed by atoms with van der Waals surface area (Å²) in [7, 11) is 0. The average molecular weight is 203 g/mol. The summed E-state index contributed by atoms with van der Waals surface area (Å²) in [6.45, 7) is 11.3. The van der Waals surface area contributed by atoms with E-state index in [1.54, 1.807) is 0 Å². The second-order valence-corrected chi connectivity index (χ2v) is 4.49. The van der Waals surface area contributed by atoms with E-state index in [1.165, 1.54) is 16.7 Å². The molecule has 1 rings (SSSR count). The van der Waals surface area contributed by atoms with Crippen LogP contribution in [0.4, 0.5) is 0 Å². The number of nitrogens with one attached hydrogen (secondary N) is 1. The molecule has 82 valence electrons. The van der Waals surface area contributed by atoms with E-state index in [0.717, 1.165) is 13.0 Å². The van der Waals surface area contributed by atoms with Gasteiger partial charge in [0.1, 0.15) is 0 Å². The summed E-state index contributed by atoms with van der Waals surface area (Å²) in [5.74, 6) is 0. The highest BCUT2D eigenvalue weighted by atomic mass is 14.9. The summed E-state index contributed by atoms with van der Waals surface area (Å²) in [6, 6.07) is 9.29. The third-order valence-corrected chi connectivity index (χ3v) is 2.24. The average Bonchev–Trinajstić information content (AvgIpc) is 2.16. The third-order valence-electron chi connectivity index (χ3n) is 2.24. The standard InChI is InChI=1S/C14H21N/c1-11(2)9-13-5-7-14(8-6-13)10-15-12(3)4/h5-8,12,15H,1,9-10H2,2-4H3. The Labute approximate surface area is 93.2 Å². The first-order valence-electron chi connectivity index (χ1n) is 5.53. The first-order valence-corrected chi connectivity index (χ1v) is 5.53. The molecule has 0 spiro atoms. The zero-order chi connectivity index (χ0) is 11.3. The Hall–Kier alpha value is -1.08. The molecule has 0 aliphatic heterocycles. The van der Waals surface area contributed by atoms with Gasteiger partial charge in [0.15, 0.2) is 0 Å². The van der Waals surface area contributed by atoms with Crippen LogP contribution in [0.25, 0.3) is 0 Å². The van der Waals surface area contributed by atoms with Crippen LogP contribution in [0.2, 0.25) is 0 Å². The van der Waals surface area contributed by atoms with Crippen LogP contribution in [0.5, 0.6) is 0 Å². The van der Waals surface area contributed by atoms with E-state index in [9.17, 15) is 0 Å². The van der Waals surface area contributed by atoms with Crippen LogP contribution in [0, 0.1) is 0 Å². The van der Waals surface area contributed by atoms with Gasteiger partial charge in [-0.05, 0) is 24.5 Å². The van der Waals surface area contributed by atoms with Crippen molar-refractivity contribution in [1.29, 1.82) is 0 Å². The van der Waals surface area contributed by atoms with Gasteiger partial charge in [-0.25, -0.2) is 0 Å². The highest BCUT2D eigenvalue weighted by Gasteiger charge is 1.96. The van der Waals surface area contributed by atoms with Crippen LogP contribution >= 0.6 is 0 Å². The molecule has 0 saturated heterocycles. The minimum absolute atomic E-state index is 0.542. The summed E-state index contributed by atoms with van der Waals surface area (Å²) < 4.78 is 0. The lowest BCUT2D eigenvalue weighted by Crippen LogP contribution is -2.21. The van der Waals surface area contributed by atoms with Gasteiger partial charge in [0, 0.05) is 12.6 Å². The minimum Gasteiger partial charge on any atom is -0.310 e. The third kappa shape index (κ3) is 4.80. The molecule has 0 amide bonds. The molecule has 1 N–H and O–H groups in total. The molecule has 15 heavy (non-hydrogen) atoms. The van der Waals surface area contributed by atoms with Gasteiger partial charge in [-0.1, -0.05) is 50.3 Å². The van der Waals surface area contributed by atoms with Crippen LogP contribution in [0.3, 0.4) is 0 Å². The van der Waals surface area contributed by atoms with Crippen LogP contribution in [-0.4, -0.2) is 6.04 Å². The van der Waals surface area contributed by atoms with Crippen molar-refractivity contribution in [2.45, 2.75) is 39.8 Å². The van der Waals surface area contributed by atoms with Crippen LogP contribution in [-0.2, 0) is 13.0 Å². The Bertz CT molecular complexity index is 309. The molecule has 0 aliphatic rings. The van der Waals surface area contributed by atoms with E-state index in [0.29, 0.717) is 6.04 Å². The molecule has 0 heterocycles. The van der Waals surface area contributed by atoms with Crippen molar-refractivity contribution >= 4 is 0 Å². The van der Waals surface area contributed by atoms with Gasteiger partial charge in [-0.2, -0.15) is 0 Å². The van der Waals surface area contributed by atoms with Crippen LogP contribution in [0.15, 0.2) is 36.4 Å². The fourth-order valence-corrected chi connectivity index (χ4v) is 1.45. The fraction of sp³-hybridized carbons (Fsp3) is 0.429. The van der Waals surface area contributed by atoms with Crippen molar-refractivity contribution in [2.75, 3.05) is 0 Å². The summed E-state index contributed by atoms with van der Waals surface area (Å²) in [5.41, 5.74) is 3.90. The van der Waals surface area contributed by atoms with Crippen molar-refractivity contribution in [3.8, 4) is 0 Å². The van der Waals surface area contributed by atoms with Crippen molar-refractivity contribution in [1.82, 2.24) is 5.32 Å². The maximum Gasteiger partial charge on any atom is 0.0207 e. The highest BCUT2D eigenvalue weighted by molar-refractivity contribution is 5.25. The van der Waals surface area contributed by atoms with Gasteiger partial charge >= 0.3 is 0 Å². The summed E-state index contributed by atoms with van der Waals surface area (Å²) >= 11 is 0. The molecule has 1 aromatic rings. The maximum absolute atomic E-state index is 3.92. The van der Waals surface area contributed by atoms with E-state index in [-0.39, 0.29) is 0 Å². The molecule has 1 aromatic carbocycles. The quantitative estimate of drug-likeness (QED) is 0.724. The lowest BCUT2D eigenvalue weighted by molar-refractivity contribution is 0.589. The van der Waals surface area contributed by atoms with Gasteiger partial charge in [-0.3, -0.25) is 0 Å². The smallest absolute Gasteiger partial charge is 0.0207 e. The largest absolute Gasteiger partial charge is 0.310 e. The Balaban J connectivity index is 2.52. The number of hydrogen-bond acceptors (Lipinski definition) is 1. The summed E-state index contributed by atoms with van der Waals surface area (Å²) in [4.78, 5) is 0. The zero-order valence-corrected chi connectivity index (χ0v) is 10.0. The zero-order valence-electron chi connectivity index (χ0n) is 10.0. The first kappa shape index (κ1) is 12.0. The molecule has 0 fully saturated rings. The van der Waals surface area contributed by atoms with Crippen molar-refractivity contribution in [3.05, 3.63) is 47.5 Å². The second kappa shape index (κ2) is 5.72. The number of benzene rings is 1. The molecular formula is C14H21N.